The largest absolute Gasteiger partial charge is 0.496 e. The number of ether oxygens (including phenoxy) is 4. The lowest BCUT2D eigenvalue weighted by molar-refractivity contribution is -0.386. The molecule has 8 nitrogen and oxygen atoms in total. The maximum atomic E-state index is 12.5. The summed E-state index contributed by atoms with van der Waals surface area (Å²) >= 11 is 3.35. The predicted molar refractivity (Wildman–Crippen MR) is 94.2 cm³/mol. The van der Waals surface area contributed by atoms with Gasteiger partial charge in [-0.25, -0.2) is 4.79 Å². The Morgan fingerprint density at radius 2 is 1.81 bits per heavy atom. The number of nitrogens with zero attached hydrogens (tertiary/aromatic N) is 1. The van der Waals surface area contributed by atoms with Crippen LogP contribution >= 0.6 is 15.9 Å². The molecule has 0 N–H and O–H groups in total. The average molecular weight is 424 g/mol. The molecule has 1 atom stereocenters. The lowest BCUT2D eigenvalue weighted by Gasteiger charge is -2.16. The smallest absolute Gasteiger partial charge is 0.343 e. The first kappa shape index (κ1) is 18.0. The van der Waals surface area contributed by atoms with Crippen molar-refractivity contribution >= 4 is 27.6 Å². The van der Waals surface area contributed by atoms with Crippen molar-refractivity contribution in [3.63, 3.8) is 0 Å². The van der Waals surface area contributed by atoms with E-state index in [9.17, 15) is 14.9 Å². The molecule has 0 radical (unpaired) electrons. The summed E-state index contributed by atoms with van der Waals surface area (Å²) in [7, 11) is 4.15. The highest BCUT2D eigenvalue weighted by molar-refractivity contribution is 9.10. The van der Waals surface area contributed by atoms with Crippen LogP contribution in [-0.4, -0.2) is 32.2 Å². The highest BCUT2D eigenvalue weighted by Crippen LogP contribution is 2.50. The normalized spacial score (nSPS) is 15.2. The van der Waals surface area contributed by atoms with Crippen molar-refractivity contribution < 1.29 is 28.7 Å². The molecule has 1 aliphatic rings. The standard InChI is InChI=1S/C17H14BrNO7/c1-23-11-5-4-8(18)6-9(11)15-13-10(19(21)22)7-12(24-2)16(25-3)14(13)17(20)26-15/h4-7,15H,1-3H3/t15-/m1/s1. The quantitative estimate of drug-likeness (QED) is 0.411. The van der Waals surface area contributed by atoms with E-state index in [1.165, 1.54) is 27.4 Å². The molecular weight excluding hydrogens is 410 g/mol. The average Bonchev–Trinajstić information content (AvgIpc) is 2.97. The van der Waals surface area contributed by atoms with Crippen LogP contribution in [0.3, 0.4) is 0 Å². The van der Waals surface area contributed by atoms with Gasteiger partial charge in [-0.1, -0.05) is 15.9 Å². The van der Waals surface area contributed by atoms with Crippen molar-refractivity contribution in [3.8, 4) is 17.2 Å². The summed E-state index contributed by atoms with van der Waals surface area (Å²) in [5.41, 5.74) is 0.263. The summed E-state index contributed by atoms with van der Waals surface area (Å²) in [4.78, 5) is 23.6. The van der Waals surface area contributed by atoms with E-state index in [0.29, 0.717) is 15.8 Å². The number of hydrogen-bond acceptors (Lipinski definition) is 7. The number of carbonyl (C=O) groups excluding carboxylic acids is 1. The van der Waals surface area contributed by atoms with Crippen LogP contribution in [0.1, 0.15) is 27.6 Å². The number of benzene rings is 2. The van der Waals surface area contributed by atoms with Gasteiger partial charge in [0.05, 0.1) is 37.9 Å². The van der Waals surface area contributed by atoms with E-state index >= 15 is 0 Å². The van der Waals surface area contributed by atoms with Crippen molar-refractivity contribution in [2.24, 2.45) is 0 Å². The van der Waals surface area contributed by atoms with E-state index in [2.05, 4.69) is 15.9 Å². The minimum Gasteiger partial charge on any atom is -0.496 e. The molecular formula is C17H14BrNO7. The molecule has 0 saturated heterocycles. The van der Waals surface area contributed by atoms with Gasteiger partial charge in [-0.15, -0.1) is 0 Å². The third kappa shape index (κ3) is 2.74. The Morgan fingerprint density at radius 3 is 2.38 bits per heavy atom. The van der Waals surface area contributed by atoms with Gasteiger partial charge in [-0.3, -0.25) is 10.1 Å². The van der Waals surface area contributed by atoms with E-state index in [-0.39, 0.29) is 28.3 Å². The number of nitro groups is 1. The van der Waals surface area contributed by atoms with Crippen LogP contribution < -0.4 is 14.2 Å². The molecule has 26 heavy (non-hydrogen) atoms. The molecule has 136 valence electrons. The lowest BCUT2D eigenvalue weighted by Crippen LogP contribution is -2.06. The topological polar surface area (TPSA) is 97.1 Å². The Bertz CT molecular complexity index is 912. The monoisotopic (exact) mass is 423 g/mol. The Kier molecular flexibility index (Phi) is 4.73. The molecule has 0 unspecified atom stereocenters. The number of cyclic esters (lactones) is 1. The van der Waals surface area contributed by atoms with Crippen LogP contribution in [0.4, 0.5) is 5.69 Å². The zero-order valence-corrected chi connectivity index (χ0v) is 15.7. The third-order valence-electron chi connectivity index (χ3n) is 4.05. The van der Waals surface area contributed by atoms with Gasteiger partial charge in [0.2, 0.25) is 0 Å². The molecule has 9 heteroatoms. The minimum absolute atomic E-state index is 0.0226. The number of fused-ring (bicyclic) bond motifs is 1. The number of nitro benzene ring substituents is 1. The van der Waals surface area contributed by atoms with Gasteiger partial charge in [0.25, 0.3) is 5.69 Å². The Morgan fingerprint density at radius 1 is 1.12 bits per heavy atom. The molecule has 0 bridgehead atoms. The van der Waals surface area contributed by atoms with Crippen LogP contribution in [0.25, 0.3) is 0 Å². The fourth-order valence-electron chi connectivity index (χ4n) is 2.97. The lowest BCUT2D eigenvalue weighted by atomic mass is 9.95. The zero-order valence-electron chi connectivity index (χ0n) is 14.1. The second-order valence-electron chi connectivity index (χ2n) is 5.35. The second kappa shape index (κ2) is 6.83. The van der Waals surface area contributed by atoms with E-state index in [4.69, 9.17) is 18.9 Å². The van der Waals surface area contributed by atoms with Gasteiger partial charge >= 0.3 is 5.97 Å². The second-order valence-corrected chi connectivity index (χ2v) is 6.26. The molecule has 1 aliphatic heterocycles. The van der Waals surface area contributed by atoms with Crippen LogP contribution in [0, 0.1) is 10.1 Å². The van der Waals surface area contributed by atoms with Gasteiger partial charge in [0.1, 0.15) is 11.3 Å². The Balaban J connectivity index is 2.34. The number of carbonyl (C=O) groups is 1. The van der Waals surface area contributed by atoms with Crippen molar-refractivity contribution in [3.05, 3.63) is 55.5 Å². The summed E-state index contributed by atoms with van der Waals surface area (Å²) < 4.78 is 21.9. The van der Waals surface area contributed by atoms with Gasteiger partial charge in [-0.05, 0) is 18.2 Å². The first-order valence-corrected chi connectivity index (χ1v) is 8.19. The number of hydrogen-bond donors (Lipinski definition) is 0. The predicted octanol–water partition coefficient (Wildman–Crippen LogP) is 3.64. The van der Waals surface area contributed by atoms with Crippen LogP contribution in [-0.2, 0) is 4.74 Å². The van der Waals surface area contributed by atoms with Gasteiger partial charge < -0.3 is 18.9 Å². The van der Waals surface area contributed by atoms with E-state index < -0.39 is 17.0 Å². The SMILES string of the molecule is COc1ccc(Br)cc1[C@H]1OC(=O)c2c(OC)c(OC)cc([N+](=O)[O-])c21. The maximum Gasteiger partial charge on any atom is 0.343 e. The van der Waals surface area contributed by atoms with E-state index in [0.717, 1.165) is 0 Å². The van der Waals surface area contributed by atoms with E-state index in [1.807, 2.05) is 0 Å². The number of rotatable bonds is 5. The first-order valence-electron chi connectivity index (χ1n) is 7.40. The fraction of sp³-hybridized carbons (Fsp3) is 0.235. The van der Waals surface area contributed by atoms with Crippen molar-refractivity contribution in [1.82, 2.24) is 0 Å². The van der Waals surface area contributed by atoms with Gasteiger partial charge in [0, 0.05) is 10.0 Å². The third-order valence-corrected chi connectivity index (χ3v) is 4.54. The highest BCUT2D eigenvalue weighted by Gasteiger charge is 2.44. The number of esters is 1. The molecule has 0 aliphatic carbocycles. The molecule has 0 saturated carbocycles. The van der Waals surface area contributed by atoms with Crippen molar-refractivity contribution in [1.29, 1.82) is 0 Å². The molecule has 2 aromatic rings. The van der Waals surface area contributed by atoms with Gasteiger partial charge in [0.15, 0.2) is 17.6 Å². The molecule has 2 aromatic carbocycles. The Labute approximate surface area is 156 Å². The van der Waals surface area contributed by atoms with Crippen LogP contribution in [0.5, 0.6) is 17.2 Å². The molecule has 0 aromatic heterocycles. The molecule has 0 amide bonds. The molecule has 0 fully saturated rings. The van der Waals surface area contributed by atoms with Gasteiger partial charge in [-0.2, -0.15) is 0 Å². The number of methoxy groups -OCH3 is 3. The summed E-state index contributed by atoms with van der Waals surface area (Å²) in [6.45, 7) is 0. The zero-order chi connectivity index (χ0) is 19.0. The van der Waals surface area contributed by atoms with Crippen LogP contribution in [0.15, 0.2) is 28.7 Å². The van der Waals surface area contributed by atoms with Crippen molar-refractivity contribution in [2.45, 2.75) is 6.10 Å². The maximum absolute atomic E-state index is 12.5. The minimum atomic E-state index is -1.01. The van der Waals surface area contributed by atoms with E-state index in [1.54, 1.807) is 18.2 Å². The molecule has 1 heterocycles. The summed E-state index contributed by atoms with van der Waals surface area (Å²) in [6.07, 6.45) is -1.01. The highest BCUT2D eigenvalue weighted by atomic mass is 79.9. The molecule has 0 spiro atoms. The fourth-order valence-corrected chi connectivity index (χ4v) is 3.35. The van der Waals surface area contributed by atoms with Crippen LogP contribution in [0.2, 0.25) is 0 Å². The molecule has 3 rings (SSSR count). The first-order chi connectivity index (χ1) is 12.4. The Hall–Kier alpha value is -2.81. The summed E-state index contributed by atoms with van der Waals surface area (Å²) in [6, 6.07) is 6.34. The van der Waals surface area contributed by atoms with Crippen molar-refractivity contribution in [2.75, 3.05) is 21.3 Å². The summed E-state index contributed by atoms with van der Waals surface area (Å²) in [5, 5.41) is 11.6. The number of halogens is 1. The summed E-state index contributed by atoms with van der Waals surface area (Å²) in [5.74, 6) is -0.125.